The molecule has 2 aromatic heterocycles. The molecule has 4 heterocycles. The van der Waals surface area contributed by atoms with Gasteiger partial charge in [0.05, 0.1) is 23.0 Å². The van der Waals surface area contributed by atoms with E-state index in [1.165, 1.54) is 25.9 Å². The number of nitrogens with zero attached hydrogens (tertiary/aromatic N) is 5. The van der Waals surface area contributed by atoms with Crippen LogP contribution in [-0.2, 0) is 32.7 Å². The first kappa shape index (κ1) is 26.1. The van der Waals surface area contributed by atoms with Gasteiger partial charge in [-0.25, -0.2) is 9.97 Å². The van der Waals surface area contributed by atoms with E-state index in [4.69, 9.17) is 15.7 Å². The van der Waals surface area contributed by atoms with Crippen LogP contribution in [-0.4, -0.2) is 45.2 Å². The molecule has 0 aliphatic carbocycles. The maximum atomic E-state index is 6.43. The summed E-state index contributed by atoms with van der Waals surface area (Å²) in [6, 6.07) is 19.8. The molecule has 0 bridgehead atoms. The summed E-state index contributed by atoms with van der Waals surface area (Å²) in [6.07, 6.45) is 5.00. The molecule has 1 radical (unpaired) electrons. The number of fused-ring (bicyclic) bond motifs is 2. The first-order valence-corrected chi connectivity index (χ1v) is 12.9. The van der Waals surface area contributed by atoms with E-state index in [-0.39, 0.29) is 38.8 Å². The van der Waals surface area contributed by atoms with Crippen molar-refractivity contribution in [3.05, 3.63) is 83.3 Å². The quantitative estimate of drug-likeness (QED) is 0.329. The van der Waals surface area contributed by atoms with Crippen molar-refractivity contribution >= 4 is 22.4 Å². The Labute approximate surface area is 243 Å². The van der Waals surface area contributed by atoms with Gasteiger partial charge in [-0.1, -0.05) is 48.9 Å². The molecule has 2 N–H and O–H groups in total. The number of hydrogen-bond acceptors (Lipinski definition) is 6. The van der Waals surface area contributed by atoms with Crippen LogP contribution < -0.4 is 5.73 Å². The van der Waals surface area contributed by atoms with Crippen molar-refractivity contribution < 1.29 is 32.7 Å². The van der Waals surface area contributed by atoms with Crippen molar-refractivity contribution in [3.63, 3.8) is 0 Å². The van der Waals surface area contributed by atoms with Gasteiger partial charge in [-0.05, 0) is 74.1 Å². The fourth-order valence-electron chi connectivity index (χ4n) is 5.69. The van der Waals surface area contributed by atoms with E-state index < -0.39 is 0 Å². The standard InChI is InChI=1S/C30H31N6.Y/c1-3-36-15-13-20(14-16-36)17-25-29-26(30(31)33-18-32-29)28(35-25)23-11-9-22-10-12-24(34-27(22)19(23)2)21-7-5-4-6-8-21;/h4-9,11-12,18,20,25H,3,13-17H2,1-2H3,(H2,31,32,33);/q-1;. The van der Waals surface area contributed by atoms with E-state index in [0.29, 0.717) is 11.7 Å². The summed E-state index contributed by atoms with van der Waals surface area (Å²) >= 11 is 0. The predicted octanol–water partition coefficient (Wildman–Crippen LogP) is 5.39. The average Bonchev–Trinajstić information content (AvgIpc) is 3.29. The third-order valence-electron chi connectivity index (χ3n) is 7.81. The predicted molar refractivity (Wildman–Crippen MR) is 145 cm³/mol. The Morgan fingerprint density at radius 1 is 1.05 bits per heavy atom. The molecule has 1 saturated heterocycles. The SMILES string of the molecule is CCN1CCC(CC2N=C(c3ccc4[c-]cc(-c5ccccc5)nc4c3C)c3c(N)ncnc32)CC1.[Y]. The molecule has 4 aromatic rings. The van der Waals surface area contributed by atoms with Crippen LogP contribution in [0, 0.1) is 18.9 Å². The van der Waals surface area contributed by atoms with Gasteiger partial charge in [-0.15, -0.1) is 23.6 Å². The summed E-state index contributed by atoms with van der Waals surface area (Å²) in [4.78, 5) is 21.8. The molecule has 1 atom stereocenters. The zero-order valence-corrected chi connectivity index (χ0v) is 24.3. The van der Waals surface area contributed by atoms with Crippen molar-refractivity contribution in [2.24, 2.45) is 10.9 Å². The second-order valence-electron chi connectivity index (χ2n) is 9.91. The maximum Gasteiger partial charge on any atom is 0.136 e. The van der Waals surface area contributed by atoms with Gasteiger partial charge in [0.2, 0.25) is 0 Å². The number of aromatic nitrogens is 3. The summed E-state index contributed by atoms with van der Waals surface area (Å²) in [5, 5.41) is 0.992. The average molecular weight is 565 g/mol. The van der Waals surface area contributed by atoms with Gasteiger partial charge in [0.1, 0.15) is 12.1 Å². The van der Waals surface area contributed by atoms with Crippen LogP contribution in [0.25, 0.3) is 22.2 Å². The zero-order valence-electron chi connectivity index (χ0n) is 21.5. The second-order valence-corrected chi connectivity index (χ2v) is 9.91. The molecule has 1 fully saturated rings. The number of nitrogen functional groups attached to an aromatic ring is 1. The second kappa shape index (κ2) is 11.1. The van der Waals surface area contributed by atoms with Gasteiger partial charge in [-0.3, -0.25) is 4.99 Å². The monoisotopic (exact) mass is 564 g/mol. The van der Waals surface area contributed by atoms with E-state index in [9.17, 15) is 0 Å². The Balaban J connectivity index is 0.00000280. The third kappa shape index (κ3) is 4.99. The molecule has 2 aliphatic rings. The van der Waals surface area contributed by atoms with Crippen molar-refractivity contribution in [1.29, 1.82) is 0 Å². The van der Waals surface area contributed by atoms with Gasteiger partial charge >= 0.3 is 0 Å². The minimum Gasteiger partial charge on any atom is -0.383 e. The summed E-state index contributed by atoms with van der Waals surface area (Å²) in [6.45, 7) is 7.82. The van der Waals surface area contributed by atoms with Gasteiger partial charge in [0, 0.05) is 32.7 Å². The van der Waals surface area contributed by atoms with Gasteiger partial charge < -0.3 is 15.6 Å². The molecular formula is C30H31N6Y-. The molecule has 37 heavy (non-hydrogen) atoms. The third-order valence-corrected chi connectivity index (χ3v) is 7.81. The van der Waals surface area contributed by atoms with Crippen molar-refractivity contribution in [2.75, 3.05) is 25.4 Å². The summed E-state index contributed by atoms with van der Waals surface area (Å²) in [5.74, 6) is 1.14. The molecular weight excluding hydrogens is 533 g/mol. The Morgan fingerprint density at radius 3 is 2.59 bits per heavy atom. The molecule has 6 rings (SSSR count). The smallest absolute Gasteiger partial charge is 0.136 e. The number of aliphatic imine (C=N–C) groups is 1. The largest absolute Gasteiger partial charge is 0.383 e. The number of rotatable bonds is 5. The van der Waals surface area contributed by atoms with Gasteiger partial charge in [-0.2, -0.15) is 0 Å². The molecule has 2 aromatic carbocycles. The van der Waals surface area contributed by atoms with Crippen molar-refractivity contribution in [1.82, 2.24) is 19.9 Å². The van der Waals surface area contributed by atoms with Crippen LogP contribution in [0.2, 0.25) is 0 Å². The molecule has 0 amide bonds. The topological polar surface area (TPSA) is 80.3 Å². The van der Waals surface area contributed by atoms with E-state index in [0.717, 1.165) is 63.2 Å². The number of nitrogens with two attached hydrogens (primary N) is 1. The minimum atomic E-state index is 0. The van der Waals surface area contributed by atoms with Crippen LogP contribution in [0.5, 0.6) is 0 Å². The molecule has 0 saturated carbocycles. The minimum absolute atomic E-state index is 0. The fourth-order valence-corrected chi connectivity index (χ4v) is 5.69. The van der Waals surface area contributed by atoms with E-state index >= 15 is 0 Å². The Morgan fingerprint density at radius 2 is 1.84 bits per heavy atom. The van der Waals surface area contributed by atoms with Crippen molar-refractivity contribution in [3.8, 4) is 11.3 Å². The van der Waals surface area contributed by atoms with Gasteiger partial charge in [0.25, 0.3) is 0 Å². The first-order chi connectivity index (χ1) is 17.6. The molecule has 185 valence electrons. The molecule has 1 unspecified atom stereocenters. The van der Waals surface area contributed by atoms with Crippen LogP contribution in [0.3, 0.4) is 0 Å². The Bertz CT molecular complexity index is 1440. The Hall–Kier alpha value is -2.54. The van der Waals surface area contributed by atoms with E-state index in [1.807, 2.05) is 24.3 Å². The van der Waals surface area contributed by atoms with Crippen molar-refractivity contribution in [2.45, 2.75) is 39.2 Å². The molecule has 0 spiro atoms. The molecule has 2 aliphatic heterocycles. The summed E-state index contributed by atoms with van der Waals surface area (Å²) < 4.78 is 0. The normalized spacial score (nSPS) is 17.9. The Kier molecular flexibility index (Phi) is 7.80. The van der Waals surface area contributed by atoms with Crippen LogP contribution in [0.4, 0.5) is 5.82 Å². The number of piperidine rings is 1. The molecule has 7 heteroatoms. The van der Waals surface area contributed by atoms with Gasteiger partial charge in [0.15, 0.2) is 0 Å². The number of pyridine rings is 1. The number of hydrogen-bond donors (Lipinski definition) is 1. The number of likely N-dealkylation sites (tertiary alicyclic amines) is 1. The number of anilines is 1. The number of benzene rings is 2. The fraction of sp³-hybridized carbons (Fsp3) is 0.333. The molecule has 6 nitrogen and oxygen atoms in total. The van der Waals surface area contributed by atoms with E-state index in [2.05, 4.69) is 59.0 Å². The maximum absolute atomic E-state index is 6.43. The zero-order chi connectivity index (χ0) is 24.6. The van der Waals surface area contributed by atoms with E-state index in [1.54, 1.807) is 6.33 Å². The summed E-state index contributed by atoms with van der Waals surface area (Å²) in [5.41, 5.74) is 14.2. The summed E-state index contributed by atoms with van der Waals surface area (Å²) in [7, 11) is 0. The van der Waals surface area contributed by atoms with Crippen LogP contribution >= 0.6 is 0 Å². The first-order valence-electron chi connectivity index (χ1n) is 12.9. The van der Waals surface area contributed by atoms with Crippen LogP contribution in [0.1, 0.15) is 54.6 Å². The number of aryl methyl sites for hydroxylation is 1. The van der Waals surface area contributed by atoms with Crippen LogP contribution in [0.15, 0.2) is 59.9 Å².